The molecule has 0 aromatic heterocycles. The Morgan fingerprint density at radius 2 is 2.25 bits per heavy atom. The number of hydrogen-bond acceptors (Lipinski definition) is 1. The first kappa shape index (κ1) is 7.92. The Morgan fingerprint density at radius 3 is 2.62 bits per heavy atom. The highest BCUT2D eigenvalue weighted by Gasteiger charge is 1.99. The quantitative estimate of drug-likeness (QED) is 0.585. The molecule has 0 bridgehead atoms. The summed E-state index contributed by atoms with van der Waals surface area (Å²) in [6, 6.07) is 0. The molecule has 0 aliphatic rings. The van der Waals surface area contributed by atoms with Gasteiger partial charge < -0.3 is 5.11 Å². The summed E-state index contributed by atoms with van der Waals surface area (Å²) in [7, 11) is 0. The van der Waals surface area contributed by atoms with E-state index in [2.05, 4.69) is 0 Å². The van der Waals surface area contributed by atoms with Crippen LogP contribution in [-0.2, 0) is 5.11 Å². The van der Waals surface area contributed by atoms with Crippen molar-refractivity contribution < 1.29 is 10.2 Å². The molecule has 0 aromatic rings. The van der Waals surface area contributed by atoms with Gasteiger partial charge in [0, 0.05) is 0 Å². The van der Waals surface area contributed by atoms with Crippen LogP contribution < -0.4 is 0 Å². The Balaban J connectivity index is 2.86. The molecule has 8 heavy (non-hydrogen) atoms. The van der Waals surface area contributed by atoms with Crippen molar-refractivity contribution in [3.63, 3.8) is 0 Å². The molecule has 1 atom stereocenters. The third-order valence-corrected chi connectivity index (χ3v) is 1.08. The lowest BCUT2D eigenvalue weighted by molar-refractivity contribution is 0.0488. The van der Waals surface area contributed by atoms with Crippen LogP contribution in [-0.4, -0.2) is 17.8 Å². The predicted octanol–water partition coefficient (Wildman–Crippen LogP) is 0.968. The van der Waals surface area contributed by atoms with Crippen LogP contribution in [0.15, 0.2) is 0 Å². The molecule has 0 spiro atoms. The molecule has 2 nitrogen and oxygen atoms in total. The topological polar surface area (TPSA) is 40.1 Å². The molecule has 0 aromatic carbocycles. The molecule has 0 aliphatic heterocycles. The summed E-state index contributed by atoms with van der Waals surface area (Å²) in [5.74, 6) is 0. The second kappa shape index (κ2) is 5.06. The van der Waals surface area contributed by atoms with Crippen LogP contribution in [0.1, 0.15) is 26.2 Å². The first-order valence-electron chi connectivity index (χ1n) is 3.07. The van der Waals surface area contributed by atoms with Crippen molar-refractivity contribution in [2.24, 2.45) is 0 Å². The van der Waals surface area contributed by atoms with Crippen LogP contribution >= 0.6 is 0 Å². The molecule has 0 saturated heterocycles. The number of unbranched alkanes of at least 4 members (excludes halogenated alkanes) is 1. The molecule has 1 N–H and O–H groups in total. The van der Waals surface area contributed by atoms with Gasteiger partial charge in [-0.1, -0.05) is 19.8 Å². The second-order valence-electron chi connectivity index (χ2n) is 1.96. The minimum Gasteiger partial charge on any atom is -0.391 e. The average molecular weight is 117 g/mol. The van der Waals surface area contributed by atoms with Crippen LogP contribution in [0.5, 0.6) is 0 Å². The molecule has 0 rings (SSSR count). The van der Waals surface area contributed by atoms with Gasteiger partial charge in [-0.05, 0) is 6.42 Å². The molecule has 1 radical (unpaired) electrons. The maximum atomic E-state index is 9.89. The molecule has 0 heterocycles. The summed E-state index contributed by atoms with van der Waals surface area (Å²) in [6.45, 7) is 1.69. The van der Waals surface area contributed by atoms with Gasteiger partial charge >= 0.3 is 0 Å². The Labute approximate surface area is 50.2 Å². The van der Waals surface area contributed by atoms with Gasteiger partial charge in [0.25, 0.3) is 0 Å². The smallest absolute Gasteiger partial charge is 0.108 e. The van der Waals surface area contributed by atoms with Gasteiger partial charge in [0.1, 0.15) is 6.61 Å². The molecule has 0 saturated carbocycles. The fourth-order valence-electron chi connectivity index (χ4n) is 0.523. The van der Waals surface area contributed by atoms with Crippen LogP contribution in [0.2, 0.25) is 0 Å². The summed E-state index contributed by atoms with van der Waals surface area (Å²) in [5, 5.41) is 18.6. The highest BCUT2D eigenvalue weighted by Crippen LogP contribution is 1.98. The van der Waals surface area contributed by atoms with E-state index in [1.807, 2.05) is 6.92 Å². The zero-order valence-electron chi connectivity index (χ0n) is 5.26. The van der Waals surface area contributed by atoms with E-state index in [-0.39, 0.29) is 6.61 Å². The minimum atomic E-state index is -0.602. The number of aliphatic hydroxyl groups is 1. The molecule has 0 fully saturated rings. The van der Waals surface area contributed by atoms with E-state index < -0.39 is 6.10 Å². The lowest BCUT2D eigenvalue weighted by Crippen LogP contribution is -2.09. The van der Waals surface area contributed by atoms with E-state index in [9.17, 15) is 5.11 Å². The van der Waals surface area contributed by atoms with Gasteiger partial charge in [0.2, 0.25) is 0 Å². The first-order valence-corrected chi connectivity index (χ1v) is 3.07. The van der Waals surface area contributed by atoms with Gasteiger partial charge in [0.05, 0.1) is 6.10 Å². The Morgan fingerprint density at radius 1 is 1.62 bits per heavy atom. The number of rotatable bonds is 4. The van der Waals surface area contributed by atoms with Crippen molar-refractivity contribution in [1.82, 2.24) is 0 Å². The van der Waals surface area contributed by atoms with Crippen molar-refractivity contribution in [3.05, 3.63) is 0 Å². The van der Waals surface area contributed by atoms with Crippen molar-refractivity contribution >= 4 is 0 Å². The SMILES string of the molecule is CCCCC(O)C[O]. The van der Waals surface area contributed by atoms with E-state index in [0.29, 0.717) is 6.42 Å². The molecular formula is C6H13O2. The largest absolute Gasteiger partial charge is 0.391 e. The maximum Gasteiger partial charge on any atom is 0.108 e. The molecule has 2 heteroatoms. The normalized spacial score (nSPS) is 13.9. The zero-order valence-corrected chi connectivity index (χ0v) is 5.26. The highest BCUT2D eigenvalue weighted by molar-refractivity contribution is 4.50. The van der Waals surface area contributed by atoms with E-state index in [0.717, 1.165) is 12.8 Å². The standard InChI is InChI=1S/C6H13O2/c1-2-3-4-6(8)5-7/h6,8H,2-5H2,1H3. The number of hydrogen-bond donors (Lipinski definition) is 1. The maximum absolute atomic E-state index is 9.89. The third kappa shape index (κ3) is 4.09. The van der Waals surface area contributed by atoms with E-state index in [1.54, 1.807) is 0 Å². The zero-order chi connectivity index (χ0) is 6.41. The van der Waals surface area contributed by atoms with Crippen LogP contribution in [0.3, 0.4) is 0 Å². The van der Waals surface area contributed by atoms with Gasteiger partial charge in [-0.25, -0.2) is 5.11 Å². The highest BCUT2D eigenvalue weighted by atomic mass is 16.3. The van der Waals surface area contributed by atoms with Gasteiger partial charge in [0.15, 0.2) is 0 Å². The Bertz CT molecular complexity index is 45.8. The summed E-state index contributed by atoms with van der Waals surface area (Å²) < 4.78 is 0. The molecule has 0 amide bonds. The van der Waals surface area contributed by atoms with E-state index in [1.165, 1.54) is 0 Å². The van der Waals surface area contributed by atoms with Crippen molar-refractivity contribution in [3.8, 4) is 0 Å². The lowest BCUT2D eigenvalue weighted by Gasteiger charge is -2.01. The fourth-order valence-corrected chi connectivity index (χ4v) is 0.523. The van der Waals surface area contributed by atoms with Crippen LogP contribution in [0.25, 0.3) is 0 Å². The monoisotopic (exact) mass is 117 g/mol. The molecule has 0 aliphatic carbocycles. The predicted molar refractivity (Wildman–Crippen MR) is 31.1 cm³/mol. The first-order chi connectivity index (χ1) is 3.81. The molecule has 1 unspecified atom stereocenters. The van der Waals surface area contributed by atoms with E-state index >= 15 is 0 Å². The average Bonchev–Trinajstić information content (AvgIpc) is 1.83. The lowest BCUT2D eigenvalue weighted by atomic mass is 10.2. The van der Waals surface area contributed by atoms with Gasteiger partial charge in [-0.3, -0.25) is 0 Å². The van der Waals surface area contributed by atoms with Gasteiger partial charge in [-0.15, -0.1) is 0 Å². The third-order valence-electron chi connectivity index (χ3n) is 1.08. The second-order valence-corrected chi connectivity index (χ2v) is 1.96. The van der Waals surface area contributed by atoms with Crippen molar-refractivity contribution in [2.45, 2.75) is 32.3 Å². The fraction of sp³-hybridized carbons (Fsp3) is 1.00. The molecular weight excluding hydrogens is 104 g/mol. The Kier molecular flexibility index (Phi) is 5.01. The van der Waals surface area contributed by atoms with E-state index in [4.69, 9.17) is 5.11 Å². The van der Waals surface area contributed by atoms with Crippen molar-refractivity contribution in [2.75, 3.05) is 6.61 Å². The van der Waals surface area contributed by atoms with Crippen LogP contribution in [0.4, 0.5) is 0 Å². The summed E-state index contributed by atoms with van der Waals surface area (Å²) in [6.07, 6.45) is 2.08. The number of aliphatic hydroxyl groups excluding tert-OH is 1. The Hall–Kier alpha value is -0.0800. The van der Waals surface area contributed by atoms with Crippen molar-refractivity contribution in [1.29, 1.82) is 0 Å². The van der Waals surface area contributed by atoms with Gasteiger partial charge in [-0.2, -0.15) is 0 Å². The minimum absolute atomic E-state index is 0.347. The summed E-state index contributed by atoms with van der Waals surface area (Å²) >= 11 is 0. The molecule has 49 valence electrons. The summed E-state index contributed by atoms with van der Waals surface area (Å²) in [4.78, 5) is 0. The summed E-state index contributed by atoms with van der Waals surface area (Å²) in [5.41, 5.74) is 0. The van der Waals surface area contributed by atoms with Crippen LogP contribution in [0, 0.1) is 0 Å².